The third kappa shape index (κ3) is 3.03. The first-order valence-corrected chi connectivity index (χ1v) is 8.33. The second-order valence-electron chi connectivity index (χ2n) is 5.22. The van der Waals surface area contributed by atoms with E-state index in [1.807, 2.05) is 37.4 Å². The van der Waals surface area contributed by atoms with Crippen LogP contribution >= 0.6 is 11.3 Å². The first kappa shape index (κ1) is 15.4. The van der Waals surface area contributed by atoms with Crippen LogP contribution in [0.15, 0.2) is 40.8 Å². The van der Waals surface area contributed by atoms with E-state index < -0.39 is 0 Å². The molecule has 0 unspecified atom stereocenters. The molecule has 0 aliphatic heterocycles. The van der Waals surface area contributed by atoms with E-state index in [2.05, 4.69) is 27.0 Å². The van der Waals surface area contributed by atoms with Crippen molar-refractivity contribution in [1.82, 2.24) is 15.0 Å². The molecule has 0 bridgehead atoms. The molecule has 23 heavy (non-hydrogen) atoms. The third-order valence-electron chi connectivity index (χ3n) is 3.72. The van der Waals surface area contributed by atoms with Gasteiger partial charge in [0, 0.05) is 17.0 Å². The van der Waals surface area contributed by atoms with Crippen molar-refractivity contribution in [3.8, 4) is 0 Å². The number of nitrogens with one attached hydrogen (secondary N) is 1. The van der Waals surface area contributed by atoms with Crippen LogP contribution in [0.1, 0.15) is 34.9 Å². The molecule has 1 amide bonds. The molecule has 3 aromatic rings. The number of amides is 1. The van der Waals surface area contributed by atoms with Gasteiger partial charge in [0.05, 0.1) is 16.7 Å². The Morgan fingerprint density at radius 1 is 1.39 bits per heavy atom. The van der Waals surface area contributed by atoms with Crippen molar-refractivity contribution < 1.29 is 4.79 Å². The Morgan fingerprint density at radius 2 is 2.22 bits per heavy atom. The number of fused-ring (bicyclic) bond motifs is 1. The summed E-state index contributed by atoms with van der Waals surface area (Å²) in [5, 5.41) is 6.15. The molecule has 0 spiro atoms. The van der Waals surface area contributed by atoms with E-state index in [9.17, 15) is 4.79 Å². The second kappa shape index (κ2) is 6.34. The van der Waals surface area contributed by atoms with Gasteiger partial charge in [0.25, 0.3) is 5.91 Å². The minimum Gasteiger partial charge on any atom is -0.329 e. The van der Waals surface area contributed by atoms with Crippen LogP contribution in [0, 0.1) is 6.92 Å². The lowest BCUT2D eigenvalue weighted by Gasteiger charge is -2.03. The molecule has 1 N–H and O–H groups in total. The number of thiophene rings is 1. The molecule has 2 aromatic heterocycles. The minimum absolute atomic E-state index is 0.230. The molecule has 0 saturated carbocycles. The van der Waals surface area contributed by atoms with E-state index in [0.717, 1.165) is 34.0 Å². The molecular weight excluding hydrogens is 308 g/mol. The average Bonchev–Trinajstić information content (AvgIpc) is 3.18. The van der Waals surface area contributed by atoms with Crippen LogP contribution in [0.5, 0.6) is 0 Å². The van der Waals surface area contributed by atoms with E-state index in [0.29, 0.717) is 5.56 Å². The lowest BCUT2D eigenvalue weighted by atomic mass is 10.2. The molecule has 3 rings (SSSR count). The predicted molar refractivity (Wildman–Crippen MR) is 94.1 cm³/mol. The van der Waals surface area contributed by atoms with Crippen LogP contribution in [0.2, 0.25) is 0 Å². The fourth-order valence-electron chi connectivity index (χ4n) is 2.53. The van der Waals surface area contributed by atoms with Crippen molar-refractivity contribution in [3.05, 3.63) is 52.0 Å². The zero-order valence-electron chi connectivity index (χ0n) is 13.3. The number of carbonyl (C=O) groups excluding carboxylic acids is 1. The number of rotatable bonds is 4. The van der Waals surface area contributed by atoms with Crippen molar-refractivity contribution in [1.29, 1.82) is 0 Å². The molecule has 2 heterocycles. The Bertz CT molecular complexity index is 878. The zero-order valence-corrected chi connectivity index (χ0v) is 14.1. The van der Waals surface area contributed by atoms with E-state index in [1.165, 1.54) is 0 Å². The lowest BCUT2D eigenvalue weighted by Crippen LogP contribution is -2.19. The Balaban J connectivity index is 1.82. The predicted octanol–water partition coefficient (Wildman–Crippen LogP) is 3.58. The van der Waals surface area contributed by atoms with Gasteiger partial charge in [0.2, 0.25) is 0 Å². The van der Waals surface area contributed by atoms with Crippen LogP contribution in [0.4, 0.5) is 0 Å². The number of aromatic nitrogens is 2. The average molecular weight is 326 g/mol. The minimum atomic E-state index is -0.230. The van der Waals surface area contributed by atoms with Gasteiger partial charge in [-0.25, -0.2) is 10.4 Å². The number of imidazole rings is 1. The number of aryl methyl sites for hydroxylation is 2. The van der Waals surface area contributed by atoms with Gasteiger partial charge in [-0.15, -0.1) is 11.3 Å². The molecule has 5 nitrogen and oxygen atoms in total. The number of hydrogen-bond donors (Lipinski definition) is 1. The first-order chi connectivity index (χ1) is 11.1. The highest BCUT2D eigenvalue weighted by molar-refractivity contribution is 7.12. The highest BCUT2D eigenvalue weighted by Crippen LogP contribution is 2.18. The van der Waals surface area contributed by atoms with Crippen molar-refractivity contribution in [2.24, 2.45) is 5.10 Å². The highest BCUT2D eigenvalue weighted by Gasteiger charge is 2.10. The van der Waals surface area contributed by atoms with E-state index >= 15 is 0 Å². The van der Waals surface area contributed by atoms with Crippen LogP contribution < -0.4 is 5.43 Å². The summed E-state index contributed by atoms with van der Waals surface area (Å²) >= 11 is 1.59. The molecule has 1 aromatic carbocycles. The molecule has 118 valence electrons. The van der Waals surface area contributed by atoms with Crippen molar-refractivity contribution in [2.75, 3.05) is 0 Å². The fourth-order valence-corrected chi connectivity index (χ4v) is 3.21. The summed E-state index contributed by atoms with van der Waals surface area (Å²) in [4.78, 5) is 17.8. The van der Waals surface area contributed by atoms with Gasteiger partial charge in [-0.2, -0.15) is 5.10 Å². The normalized spacial score (nSPS) is 11.9. The topological polar surface area (TPSA) is 59.3 Å². The zero-order chi connectivity index (χ0) is 16.4. The van der Waals surface area contributed by atoms with Crippen LogP contribution in [0.3, 0.4) is 0 Å². The van der Waals surface area contributed by atoms with Crippen molar-refractivity contribution in [3.63, 3.8) is 0 Å². The van der Waals surface area contributed by atoms with Gasteiger partial charge in [-0.05, 0) is 50.4 Å². The molecule has 0 radical (unpaired) electrons. The van der Waals surface area contributed by atoms with Gasteiger partial charge >= 0.3 is 0 Å². The molecule has 0 fully saturated rings. The number of carbonyl (C=O) groups is 1. The third-order valence-corrected chi connectivity index (χ3v) is 4.70. The maximum atomic E-state index is 12.3. The van der Waals surface area contributed by atoms with Crippen LogP contribution in [-0.4, -0.2) is 21.2 Å². The maximum Gasteiger partial charge on any atom is 0.271 e. The Labute approximate surface area is 138 Å². The van der Waals surface area contributed by atoms with Gasteiger partial charge in [0.1, 0.15) is 5.82 Å². The van der Waals surface area contributed by atoms with Crippen LogP contribution in [0.25, 0.3) is 11.0 Å². The summed E-state index contributed by atoms with van der Waals surface area (Å²) in [6, 6.07) is 9.48. The van der Waals surface area contributed by atoms with Crippen molar-refractivity contribution >= 4 is 34.0 Å². The van der Waals surface area contributed by atoms with Gasteiger partial charge in [-0.3, -0.25) is 4.79 Å². The molecule has 0 aliphatic carbocycles. The van der Waals surface area contributed by atoms with E-state index in [4.69, 9.17) is 0 Å². The Morgan fingerprint density at radius 3 is 2.91 bits per heavy atom. The number of nitrogens with zero attached hydrogens (tertiary/aromatic N) is 3. The standard InChI is InChI=1S/C17H18N4OS/c1-4-21-12(3)18-14-10-13(7-8-15(14)21)17(22)20-19-11(2)16-6-5-9-23-16/h5-10H,4H2,1-3H3,(H,20,22). The summed E-state index contributed by atoms with van der Waals surface area (Å²) in [5.41, 5.74) is 5.83. The maximum absolute atomic E-state index is 12.3. The second-order valence-corrected chi connectivity index (χ2v) is 6.17. The van der Waals surface area contributed by atoms with E-state index in [1.54, 1.807) is 23.5 Å². The van der Waals surface area contributed by atoms with Gasteiger partial charge < -0.3 is 4.57 Å². The molecule has 0 atom stereocenters. The molecule has 6 heteroatoms. The number of hydrazone groups is 1. The highest BCUT2D eigenvalue weighted by atomic mass is 32.1. The monoisotopic (exact) mass is 326 g/mol. The molecular formula is C17H18N4OS. The lowest BCUT2D eigenvalue weighted by molar-refractivity contribution is 0.0955. The van der Waals surface area contributed by atoms with Gasteiger partial charge in [-0.1, -0.05) is 6.07 Å². The molecule has 0 saturated heterocycles. The molecule has 0 aliphatic rings. The summed E-state index contributed by atoms with van der Waals surface area (Å²) < 4.78 is 2.12. The van der Waals surface area contributed by atoms with E-state index in [-0.39, 0.29) is 5.91 Å². The summed E-state index contributed by atoms with van der Waals surface area (Å²) in [7, 11) is 0. The SMILES string of the molecule is CCn1c(C)nc2cc(C(=O)NN=C(C)c3cccs3)ccc21. The summed E-state index contributed by atoms with van der Waals surface area (Å²) in [6.07, 6.45) is 0. The van der Waals surface area contributed by atoms with Gasteiger partial charge in [0.15, 0.2) is 0 Å². The Hall–Kier alpha value is -2.47. The summed E-state index contributed by atoms with van der Waals surface area (Å²) in [6.45, 7) is 6.79. The Kier molecular flexibility index (Phi) is 4.25. The van der Waals surface area contributed by atoms with Crippen molar-refractivity contribution in [2.45, 2.75) is 27.3 Å². The quantitative estimate of drug-likeness (QED) is 0.588. The fraction of sp³-hybridized carbons (Fsp3) is 0.235. The smallest absolute Gasteiger partial charge is 0.271 e. The number of hydrogen-bond acceptors (Lipinski definition) is 4. The summed E-state index contributed by atoms with van der Waals surface area (Å²) in [5.74, 6) is 0.720. The largest absolute Gasteiger partial charge is 0.329 e. The van der Waals surface area contributed by atoms with Crippen LogP contribution in [-0.2, 0) is 6.54 Å². The number of benzene rings is 1. The first-order valence-electron chi connectivity index (χ1n) is 7.45.